The summed E-state index contributed by atoms with van der Waals surface area (Å²) >= 11 is 9.74. The molecule has 3 heteroatoms. The Morgan fingerprint density at radius 3 is 0.826 bits per heavy atom. The Morgan fingerprint density at radius 2 is 0.609 bits per heavy atom. The van der Waals surface area contributed by atoms with Crippen LogP contribution in [-0.4, -0.2) is 11.5 Å². The number of rotatable bonds is 16. The van der Waals surface area contributed by atoms with Crippen molar-refractivity contribution in [2.24, 2.45) is 0 Å². The molecule has 0 aliphatic heterocycles. The van der Waals surface area contributed by atoms with Crippen molar-refractivity contribution in [2.75, 3.05) is 11.5 Å². The molecule has 0 bridgehead atoms. The molecule has 0 rings (SSSR count). The van der Waals surface area contributed by atoms with Gasteiger partial charge in [0.2, 0.25) is 0 Å². The van der Waals surface area contributed by atoms with Gasteiger partial charge in [-0.05, 0) is 0 Å². The summed E-state index contributed by atoms with van der Waals surface area (Å²) in [6.45, 7) is 4.52. The Morgan fingerprint density at radius 1 is 0.391 bits per heavy atom. The summed E-state index contributed by atoms with van der Waals surface area (Å²) in [7, 11) is 0. The average Bonchev–Trinajstić information content (AvgIpc) is 2.54. The van der Waals surface area contributed by atoms with E-state index in [4.69, 9.17) is 25.3 Å². The van der Waals surface area contributed by atoms with Gasteiger partial charge in [0.25, 0.3) is 0 Å². The molecular formula is C20H42NiS2. The van der Waals surface area contributed by atoms with Gasteiger partial charge in [-0.3, -0.25) is 0 Å². The fourth-order valence-corrected chi connectivity index (χ4v) is 2.88. The van der Waals surface area contributed by atoms with E-state index < -0.39 is 0 Å². The molecule has 0 radical (unpaired) electrons. The standard InChI is InChI=1S/2C10H22S.Ni/c2*1-2-3-4-5-6-7-8-9-10-11;/h2*11H,2-10H2,1H3;/q;;+2/p-2. The van der Waals surface area contributed by atoms with Gasteiger partial charge in [0.05, 0.1) is 0 Å². The molecule has 0 N–H and O–H groups in total. The van der Waals surface area contributed by atoms with Gasteiger partial charge in [0.15, 0.2) is 0 Å². The van der Waals surface area contributed by atoms with Crippen LogP contribution in [0.3, 0.4) is 0 Å². The van der Waals surface area contributed by atoms with Crippen molar-refractivity contribution in [1.29, 1.82) is 0 Å². The van der Waals surface area contributed by atoms with E-state index in [-0.39, 0.29) is 16.5 Å². The van der Waals surface area contributed by atoms with Crippen LogP contribution in [-0.2, 0) is 41.7 Å². The van der Waals surface area contributed by atoms with Crippen LogP contribution >= 0.6 is 0 Å². The summed E-state index contributed by atoms with van der Waals surface area (Å²) in [5.74, 6) is 1.91. The molecule has 0 aromatic heterocycles. The van der Waals surface area contributed by atoms with E-state index in [1.165, 1.54) is 103 Å². The van der Waals surface area contributed by atoms with Crippen molar-refractivity contribution >= 4 is 25.3 Å². The Hall–Kier alpha value is 1.19. The van der Waals surface area contributed by atoms with Crippen molar-refractivity contribution in [1.82, 2.24) is 0 Å². The summed E-state index contributed by atoms with van der Waals surface area (Å²) < 4.78 is 0. The molecule has 23 heavy (non-hydrogen) atoms. The third kappa shape index (κ3) is 35.2. The zero-order valence-corrected chi connectivity index (χ0v) is 18.5. The molecule has 144 valence electrons. The van der Waals surface area contributed by atoms with Gasteiger partial charge in [0.1, 0.15) is 0 Å². The summed E-state index contributed by atoms with van der Waals surface area (Å²) in [4.78, 5) is 0. The van der Waals surface area contributed by atoms with Crippen molar-refractivity contribution in [3.8, 4) is 0 Å². The van der Waals surface area contributed by atoms with E-state index in [0.29, 0.717) is 0 Å². The molecule has 0 spiro atoms. The zero-order valence-electron chi connectivity index (χ0n) is 15.9. The van der Waals surface area contributed by atoms with Gasteiger partial charge in [-0.2, -0.15) is 11.5 Å². The maximum atomic E-state index is 4.87. The molecule has 0 atom stereocenters. The molecule has 0 saturated carbocycles. The summed E-state index contributed by atoms with van der Waals surface area (Å²) in [5.41, 5.74) is 0. The summed E-state index contributed by atoms with van der Waals surface area (Å²) in [6, 6.07) is 0. The smallest absolute Gasteiger partial charge is 0.793 e. The molecule has 0 aromatic rings. The van der Waals surface area contributed by atoms with Crippen molar-refractivity contribution in [3.05, 3.63) is 0 Å². The Labute approximate surface area is 169 Å². The second-order valence-corrected chi connectivity index (χ2v) is 7.17. The number of hydrogen-bond acceptors (Lipinski definition) is 2. The van der Waals surface area contributed by atoms with Crippen LogP contribution in [0.4, 0.5) is 0 Å². The molecule has 0 aromatic carbocycles. The molecule has 0 saturated heterocycles. The van der Waals surface area contributed by atoms with Crippen LogP contribution in [0.15, 0.2) is 0 Å². The maximum Gasteiger partial charge on any atom is 2.00 e. The normalized spacial score (nSPS) is 9.91. The second kappa shape index (κ2) is 31.0. The Kier molecular flexibility index (Phi) is 39.1. The largest absolute Gasteiger partial charge is 2.00 e. The Bertz CT molecular complexity index is 132. The zero-order chi connectivity index (χ0) is 16.7. The van der Waals surface area contributed by atoms with Gasteiger partial charge in [-0.25, -0.2) is 0 Å². The van der Waals surface area contributed by atoms with E-state index in [2.05, 4.69) is 13.8 Å². The van der Waals surface area contributed by atoms with Crippen LogP contribution < -0.4 is 0 Å². The van der Waals surface area contributed by atoms with Crippen LogP contribution in [0, 0.1) is 0 Å². The van der Waals surface area contributed by atoms with Gasteiger partial charge < -0.3 is 25.3 Å². The second-order valence-electron chi connectivity index (χ2n) is 6.36. The van der Waals surface area contributed by atoms with Crippen LogP contribution in [0.2, 0.25) is 0 Å². The Balaban J connectivity index is -0.000000333. The van der Waals surface area contributed by atoms with E-state index in [0.717, 1.165) is 11.5 Å². The predicted molar refractivity (Wildman–Crippen MR) is 110 cm³/mol. The van der Waals surface area contributed by atoms with E-state index in [1.54, 1.807) is 0 Å². The van der Waals surface area contributed by atoms with Gasteiger partial charge in [-0.1, -0.05) is 117 Å². The molecule has 0 nitrogen and oxygen atoms in total. The van der Waals surface area contributed by atoms with E-state index >= 15 is 0 Å². The molecule has 0 aliphatic carbocycles. The van der Waals surface area contributed by atoms with Gasteiger partial charge >= 0.3 is 16.5 Å². The first-order valence-electron chi connectivity index (χ1n) is 9.99. The molecule has 0 unspecified atom stereocenters. The van der Waals surface area contributed by atoms with Crippen LogP contribution in [0.1, 0.15) is 117 Å². The van der Waals surface area contributed by atoms with Crippen molar-refractivity contribution in [2.45, 2.75) is 117 Å². The monoisotopic (exact) mass is 404 g/mol. The molecular weight excluding hydrogens is 363 g/mol. The third-order valence-corrected chi connectivity index (χ3v) is 4.57. The summed E-state index contributed by atoms with van der Waals surface area (Å²) in [6.07, 6.45) is 22.2. The third-order valence-electron chi connectivity index (χ3n) is 4.00. The summed E-state index contributed by atoms with van der Waals surface area (Å²) in [5, 5.41) is 0. The average molecular weight is 405 g/mol. The molecule has 0 heterocycles. The fourth-order valence-electron chi connectivity index (χ4n) is 2.47. The van der Waals surface area contributed by atoms with Gasteiger partial charge in [0, 0.05) is 0 Å². The maximum absolute atomic E-state index is 4.87. The first kappa shape index (κ1) is 29.0. The first-order chi connectivity index (χ1) is 10.8. The predicted octanol–water partition coefficient (Wildman–Crippen LogP) is 7.35. The molecule has 0 amide bonds. The van der Waals surface area contributed by atoms with Crippen LogP contribution in [0.5, 0.6) is 0 Å². The molecule has 0 aliphatic rings. The fraction of sp³-hybridized carbons (Fsp3) is 1.00. The minimum atomic E-state index is 0. The molecule has 0 fully saturated rings. The quantitative estimate of drug-likeness (QED) is 0.150. The topological polar surface area (TPSA) is 0 Å². The number of hydrogen-bond donors (Lipinski definition) is 0. The minimum Gasteiger partial charge on any atom is -0.793 e. The van der Waals surface area contributed by atoms with Crippen molar-refractivity contribution in [3.63, 3.8) is 0 Å². The van der Waals surface area contributed by atoms with Crippen molar-refractivity contribution < 1.29 is 16.5 Å². The van der Waals surface area contributed by atoms with Crippen LogP contribution in [0.25, 0.3) is 0 Å². The first-order valence-corrected chi connectivity index (χ1v) is 11.1. The van der Waals surface area contributed by atoms with E-state index in [9.17, 15) is 0 Å². The number of unbranched alkanes of at least 4 members (excludes halogenated alkanes) is 14. The van der Waals surface area contributed by atoms with Gasteiger partial charge in [-0.15, -0.1) is 0 Å². The minimum absolute atomic E-state index is 0. The SMILES string of the molecule is CCCCCCCCCC[S-].CCCCCCCCCC[S-].[Ni+2]. The van der Waals surface area contributed by atoms with E-state index in [1.807, 2.05) is 0 Å².